The molecule has 7 nitrogen and oxygen atoms in total. The molecule has 0 aromatic carbocycles. The molecule has 0 radical (unpaired) electrons. The van der Waals surface area contributed by atoms with Crippen LogP contribution in [0.3, 0.4) is 0 Å². The predicted molar refractivity (Wildman–Crippen MR) is 176 cm³/mol. The van der Waals surface area contributed by atoms with Crippen molar-refractivity contribution in [2.24, 2.45) is 23.7 Å². The number of hydrogen-bond donors (Lipinski definition) is 3. The second-order valence-electron chi connectivity index (χ2n) is 14.5. The molecule has 3 atom stereocenters. The van der Waals surface area contributed by atoms with Crippen LogP contribution in [-0.4, -0.2) is 46.1 Å². The number of nitrogens with one attached hydrogen (secondary N) is 2. The molecule has 2 saturated carbocycles. The number of carbonyl (C=O) groups is 1. The number of aromatic nitrogens is 2. The molecular formula is C33H53FN4O3S2. The zero-order chi connectivity index (χ0) is 31.3. The van der Waals surface area contributed by atoms with E-state index < -0.39 is 15.0 Å². The third-order valence-corrected chi connectivity index (χ3v) is 11.9. The van der Waals surface area contributed by atoms with Crippen molar-refractivity contribution in [3.05, 3.63) is 35.7 Å². The van der Waals surface area contributed by atoms with Crippen LogP contribution in [0.15, 0.2) is 30.0 Å². The molecule has 1 amide bonds. The van der Waals surface area contributed by atoms with Gasteiger partial charge in [-0.25, -0.2) is 12.8 Å². The van der Waals surface area contributed by atoms with Crippen LogP contribution in [0.2, 0.25) is 0 Å². The highest BCUT2D eigenvalue weighted by molar-refractivity contribution is 7.89. The van der Waals surface area contributed by atoms with Crippen LogP contribution in [0.4, 0.5) is 10.2 Å². The Morgan fingerprint density at radius 1 is 1.16 bits per heavy atom. The van der Waals surface area contributed by atoms with Gasteiger partial charge in [-0.3, -0.25) is 14.2 Å². The summed E-state index contributed by atoms with van der Waals surface area (Å²) in [6.07, 6.45) is 16.1. The maximum Gasteiger partial charge on any atom is 0.235 e. The lowest BCUT2D eigenvalue weighted by atomic mass is 9.89. The summed E-state index contributed by atoms with van der Waals surface area (Å²) in [5.41, 5.74) is 1.81. The molecule has 4 rings (SSSR count). The number of alkyl halides is 1. The van der Waals surface area contributed by atoms with Crippen molar-refractivity contribution < 1.29 is 17.6 Å². The Labute approximate surface area is 264 Å². The highest BCUT2D eigenvalue weighted by Crippen LogP contribution is 2.39. The summed E-state index contributed by atoms with van der Waals surface area (Å²) in [4.78, 5) is 12.8. The fourth-order valence-corrected chi connectivity index (χ4v) is 9.29. The first-order chi connectivity index (χ1) is 20.2. The molecule has 2 unspecified atom stereocenters. The van der Waals surface area contributed by atoms with Gasteiger partial charge in [0.15, 0.2) is 10.8 Å². The molecule has 1 heterocycles. The summed E-state index contributed by atoms with van der Waals surface area (Å²) in [6.45, 7) is 8.97. The number of rotatable bonds is 11. The van der Waals surface area contributed by atoms with Crippen molar-refractivity contribution in [3.63, 3.8) is 0 Å². The first kappa shape index (κ1) is 34.1. The van der Waals surface area contributed by atoms with E-state index in [1.807, 2.05) is 18.2 Å². The van der Waals surface area contributed by atoms with E-state index in [4.69, 9.17) is 0 Å². The molecule has 10 heteroatoms. The Balaban J connectivity index is 1.29. The van der Waals surface area contributed by atoms with Gasteiger partial charge in [0.2, 0.25) is 15.9 Å². The second-order valence-corrected chi connectivity index (χ2v) is 17.3. The Morgan fingerprint density at radius 3 is 2.51 bits per heavy atom. The van der Waals surface area contributed by atoms with E-state index in [9.17, 15) is 17.6 Å². The Hall–Kier alpha value is -1.81. The number of allylic oxidation sites excluding steroid dienone is 4. The molecule has 0 bridgehead atoms. The molecule has 43 heavy (non-hydrogen) atoms. The van der Waals surface area contributed by atoms with Crippen LogP contribution in [0.5, 0.6) is 0 Å². The van der Waals surface area contributed by atoms with E-state index in [1.165, 1.54) is 0 Å². The fourth-order valence-electron chi connectivity index (χ4n) is 6.93. The van der Waals surface area contributed by atoms with Gasteiger partial charge < -0.3 is 5.32 Å². The minimum absolute atomic E-state index is 0.0176. The zero-order valence-electron chi connectivity index (χ0n) is 26.6. The lowest BCUT2D eigenvalue weighted by Gasteiger charge is -2.35. The van der Waals surface area contributed by atoms with Gasteiger partial charge in [0.25, 0.3) is 0 Å². The standard InChI is InChI=1S/C33H53FN4O3S2/c1-24(22-38(28-11-6-5-7-12-28)43(40,41)23-27-15-17-33(34,42)18-16-27)19-25-9-8-10-26(14-13-25)20-31(39)35-30-21-29(36-37-30)32(2,3)4/h5-6,11,21,24-27,42H,7-10,12-20,22-23H2,1-4H3,(H2,35,36,37,39)/t24-,25?,26?,27?,33?/m0/s1. The van der Waals surface area contributed by atoms with E-state index >= 15 is 0 Å². The van der Waals surface area contributed by atoms with Crippen molar-refractivity contribution in [1.29, 1.82) is 0 Å². The summed E-state index contributed by atoms with van der Waals surface area (Å²) in [5.74, 6) is 1.75. The Bertz CT molecular complexity index is 1240. The van der Waals surface area contributed by atoms with Crippen LogP contribution < -0.4 is 5.32 Å². The molecule has 242 valence electrons. The molecule has 3 aliphatic rings. The minimum Gasteiger partial charge on any atom is -0.309 e. The van der Waals surface area contributed by atoms with Crippen LogP contribution in [-0.2, 0) is 20.2 Å². The quantitative estimate of drug-likeness (QED) is 0.170. The number of amides is 1. The molecule has 2 N–H and O–H groups in total. The second kappa shape index (κ2) is 14.5. The molecule has 0 aliphatic heterocycles. The van der Waals surface area contributed by atoms with Gasteiger partial charge in [-0.05, 0) is 87.5 Å². The topological polar surface area (TPSA) is 95.2 Å². The Morgan fingerprint density at radius 2 is 1.86 bits per heavy atom. The average Bonchev–Trinajstić information content (AvgIpc) is 3.30. The molecule has 2 fully saturated rings. The lowest BCUT2D eigenvalue weighted by molar-refractivity contribution is -0.117. The van der Waals surface area contributed by atoms with Gasteiger partial charge in [-0.15, -0.1) is 12.6 Å². The molecule has 0 saturated heterocycles. The zero-order valence-corrected chi connectivity index (χ0v) is 28.3. The number of anilines is 1. The number of halogens is 1. The predicted octanol–water partition coefficient (Wildman–Crippen LogP) is 7.91. The molecule has 1 aromatic rings. The van der Waals surface area contributed by atoms with Crippen LogP contribution >= 0.6 is 12.6 Å². The lowest BCUT2D eigenvalue weighted by Crippen LogP contribution is -2.39. The third kappa shape index (κ3) is 10.4. The summed E-state index contributed by atoms with van der Waals surface area (Å²) in [5, 5.41) is 8.79. The SMILES string of the molecule is C[C@@H](CC1CCCC(CC(=O)Nc2cc(C(C)(C)C)[nH]n2)CC1)CN(C1=CC=CCC1)S(=O)(=O)CC1CCC(F)(S)CC1. The van der Waals surface area contributed by atoms with E-state index in [0.29, 0.717) is 56.3 Å². The number of H-pyrrole nitrogens is 1. The highest BCUT2D eigenvalue weighted by atomic mass is 32.2. The summed E-state index contributed by atoms with van der Waals surface area (Å²) in [7, 11) is -3.52. The van der Waals surface area contributed by atoms with E-state index in [0.717, 1.165) is 62.8 Å². The molecule has 3 aliphatic carbocycles. The van der Waals surface area contributed by atoms with E-state index in [1.54, 1.807) is 4.31 Å². The first-order valence-corrected chi connectivity index (χ1v) is 18.4. The van der Waals surface area contributed by atoms with Crippen molar-refractivity contribution in [2.75, 3.05) is 17.6 Å². The van der Waals surface area contributed by atoms with Crippen LogP contribution in [0.25, 0.3) is 0 Å². The number of nitrogens with zero attached hydrogens (tertiary/aromatic N) is 2. The summed E-state index contributed by atoms with van der Waals surface area (Å²) in [6, 6.07) is 1.91. The number of thiol groups is 1. The van der Waals surface area contributed by atoms with Gasteiger partial charge in [-0.1, -0.05) is 59.1 Å². The first-order valence-electron chi connectivity index (χ1n) is 16.3. The van der Waals surface area contributed by atoms with Gasteiger partial charge in [0, 0.05) is 35.8 Å². The van der Waals surface area contributed by atoms with Crippen molar-refractivity contribution >= 4 is 34.4 Å². The van der Waals surface area contributed by atoms with E-state index in [2.05, 4.69) is 61.9 Å². The summed E-state index contributed by atoms with van der Waals surface area (Å²) >= 11 is 4.09. The third-order valence-electron chi connectivity index (χ3n) is 9.51. The highest BCUT2D eigenvalue weighted by Gasteiger charge is 2.36. The smallest absolute Gasteiger partial charge is 0.235 e. The van der Waals surface area contributed by atoms with Gasteiger partial charge in [0.1, 0.15) is 0 Å². The monoisotopic (exact) mass is 636 g/mol. The number of sulfonamides is 1. The van der Waals surface area contributed by atoms with Crippen molar-refractivity contribution in [2.45, 2.75) is 122 Å². The molecule has 1 aromatic heterocycles. The maximum absolute atomic E-state index is 14.2. The van der Waals surface area contributed by atoms with Crippen molar-refractivity contribution in [1.82, 2.24) is 14.5 Å². The molecular weight excluding hydrogens is 584 g/mol. The number of hydrogen-bond acceptors (Lipinski definition) is 5. The normalized spacial score (nSPS) is 27.7. The van der Waals surface area contributed by atoms with Crippen molar-refractivity contribution in [3.8, 4) is 0 Å². The van der Waals surface area contributed by atoms with Crippen LogP contribution in [0.1, 0.15) is 117 Å². The van der Waals surface area contributed by atoms with Gasteiger partial charge in [0.05, 0.1) is 5.75 Å². The maximum atomic E-state index is 14.2. The largest absolute Gasteiger partial charge is 0.309 e. The Kier molecular flexibility index (Phi) is 11.5. The van der Waals surface area contributed by atoms with Gasteiger partial charge in [-0.2, -0.15) is 5.10 Å². The number of carbonyl (C=O) groups excluding carboxylic acids is 1. The van der Waals surface area contributed by atoms with Gasteiger partial charge >= 0.3 is 0 Å². The average molecular weight is 637 g/mol. The minimum atomic E-state index is -3.52. The van der Waals surface area contributed by atoms with Crippen LogP contribution in [0, 0.1) is 23.7 Å². The number of aromatic amines is 1. The molecule has 0 spiro atoms. The fraction of sp³-hybridized carbons (Fsp3) is 0.758. The van der Waals surface area contributed by atoms with E-state index in [-0.39, 0.29) is 28.9 Å². The summed E-state index contributed by atoms with van der Waals surface area (Å²) < 4.78 is 43.5.